The van der Waals surface area contributed by atoms with Gasteiger partial charge in [0, 0.05) is 45.7 Å². The number of ether oxygens (including phenoxy) is 2. The second-order valence-electron chi connectivity index (χ2n) is 10.3. The van der Waals surface area contributed by atoms with E-state index in [1.54, 1.807) is 11.3 Å². The van der Waals surface area contributed by atoms with Gasteiger partial charge in [0.05, 0.1) is 12.7 Å². The van der Waals surface area contributed by atoms with Crippen LogP contribution in [0.4, 0.5) is 5.69 Å². The first-order valence-electron chi connectivity index (χ1n) is 14.2. The van der Waals surface area contributed by atoms with E-state index in [1.165, 1.54) is 0 Å². The van der Waals surface area contributed by atoms with Gasteiger partial charge in [-0.3, -0.25) is 0 Å². The van der Waals surface area contributed by atoms with Crippen LogP contribution in [0.2, 0.25) is 0 Å². The average Bonchev–Trinajstić information content (AvgIpc) is 3.59. The SMILES string of the molecule is [C-]#[N+]C1=C(/C=C/c2ccc(/C=C/c3ccc(N(CC)CC)cc3OC(C)C)s2)C(C)(c2ccccc2)OC1=C(C#N)C#N. The molecule has 4 rings (SSSR count). The molecular weight excluding hydrogens is 552 g/mol. The van der Waals surface area contributed by atoms with E-state index in [4.69, 9.17) is 16.0 Å². The van der Waals surface area contributed by atoms with E-state index < -0.39 is 5.60 Å². The van der Waals surface area contributed by atoms with Crippen molar-refractivity contribution in [2.45, 2.75) is 46.3 Å². The van der Waals surface area contributed by atoms with Gasteiger partial charge in [-0.1, -0.05) is 36.4 Å². The molecule has 0 bridgehead atoms. The van der Waals surface area contributed by atoms with Gasteiger partial charge in [-0.15, -0.1) is 11.3 Å². The largest absolute Gasteiger partial charge is 0.490 e. The van der Waals surface area contributed by atoms with E-state index in [-0.39, 0.29) is 23.1 Å². The molecule has 2 heterocycles. The predicted molar refractivity (Wildman–Crippen MR) is 175 cm³/mol. The van der Waals surface area contributed by atoms with Crippen LogP contribution in [0.5, 0.6) is 5.75 Å². The van der Waals surface area contributed by atoms with Gasteiger partial charge in [-0.05, 0) is 82.7 Å². The second-order valence-corrected chi connectivity index (χ2v) is 11.4. The third-order valence-electron chi connectivity index (χ3n) is 7.15. The minimum Gasteiger partial charge on any atom is -0.490 e. The van der Waals surface area contributed by atoms with Gasteiger partial charge >= 0.3 is 0 Å². The quantitative estimate of drug-likeness (QED) is 0.175. The standard InChI is InChI=1S/C36H34N4O2S/c1-7-40(8-2)29-16-14-26(33(22-29)41-25(3)4)15-17-30-18-19-31(43-30)20-21-32-34(39-6)35(27(23-37)24-38)42-36(32,5)28-12-10-9-11-13-28/h9-22,25H,7-8H2,1-5H3/b17-15+,21-20+. The van der Waals surface area contributed by atoms with Crippen molar-refractivity contribution in [2.24, 2.45) is 0 Å². The summed E-state index contributed by atoms with van der Waals surface area (Å²) in [4.78, 5) is 8.04. The van der Waals surface area contributed by atoms with Gasteiger partial charge in [-0.2, -0.15) is 10.5 Å². The summed E-state index contributed by atoms with van der Waals surface area (Å²) < 4.78 is 12.4. The Morgan fingerprint density at radius 1 is 1.00 bits per heavy atom. The lowest BCUT2D eigenvalue weighted by molar-refractivity contribution is 0.0755. The molecule has 3 aromatic rings. The molecule has 0 fully saturated rings. The van der Waals surface area contributed by atoms with Crippen molar-refractivity contribution >= 4 is 35.3 Å². The van der Waals surface area contributed by atoms with E-state index in [0.29, 0.717) is 5.57 Å². The topological polar surface area (TPSA) is 73.6 Å². The molecule has 0 N–H and O–H groups in total. The Balaban J connectivity index is 1.66. The maximum Gasteiger partial charge on any atom is 0.237 e. The van der Waals surface area contributed by atoms with Crippen molar-refractivity contribution < 1.29 is 9.47 Å². The smallest absolute Gasteiger partial charge is 0.237 e. The van der Waals surface area contributed by atoms with Crippen molar-refractivity contribution in [1.29, 1.82) is 10.5 Å². The number of hydrogen-bond donors (Lipinski definition) is 0. The Kier molecular flexibility index (Phi) is 9.89. The van der Waals surface area contributed by atoms with Crippen LogP contribution in [0.25, 0.3) is 23.1 Å². The second kappa shape index (κ2) is 13.8. The summed E-state index contributed by atoms with van der Waals surface area (Å²) in [7, 11) is 0. The fourth-order valence-corrected chi connectivity index (χ4v) is 5.77. The molecule has 6 nitrogen and oxygen atoms in total. The summed E-state index contributed by atoms with van der Waals surface area (Å²) >= 11 is 1.61. The van der Waals surface area contributed by atoms with E-state index in [0.717, 1.165) is 45.4 Å². The molecular formula is C36H34N4O2S. The molecule has 7 heteroatoms. The summed E-state index contributed by atoms with van der Waals surface area (Å²) in [5, 5.41) is 19.0. The molecule has 2 aromatic carbocycles. The first-order chi connectivity index (χ1) is 20.8. The van der Waals surface area contributed by atoms with Crippen LogP contribution < -0.4 is 9.64 Å². The summed E-state index contributed by atoms with van der Waals surface area (Å²) in [6.07, 6.45) is 8.01. The van der Waals surface area contributed by atoms with E-state index in [9.17, 15) is 10.5 Å². The van der Waals surface area contributed by atoms with Crippen LogP contribution >= 0.6 is 11.3 Å². The highest BCUT2D eigenvalue weighted by Crippen LogP contribution is 2.47. The highest BCUT2D eigenvalue weighted by atomic mass is 32.1. The van der Waals surface area contributed by atoms with Crippen LogP contribution in [0.15, 0.2) is 89.3 Å². The number of benzene rings is 2. The van der Waals surface area contributed by atoms with Crippen LogP contribution in [-0.2, 0) is 10.3 Å². The fourth-order valence-electron chi connectivity index (χ4n) is 4.96. The van der Waals surface area contributed by atoms with Gasteiger partial charge in [0.1, 0.15) is 23.5 Å². The molecule has 1 aliphatic rings. The normalized spacial score (nSPS) is 16.3. The van der Waals surface area contributed by atoms with E-state index in [1.807, 2.05) is 81.5 Å². The zero-order valence-corrected chi connectivity index (χ0v) is 25.9. The van der Waals surface area contributed by atoms with E-state index in [2.05, 4.69) is 60.0 Å². The van der Waals surface area contributed by atoms with Crippen molar-refractivity contribution in [2.75, 3.05) is 18.0 Å². The Bertz CT molecular complexity index is 1700. The van der Waals surface area contributed by atoms with Gasteiger partial charge in [0.25, 0.3) is 0 Å². The lowest BCUT2D eigenvalue weighted by atomic mass is 9.87. The summed E-state index contributed by atoms with van der Waals surface area (Å²) in [6.45, 7) is 19.9. The highest BCUT2D eigenvalue weighted by Gasteiger charge is 2.43. The Morgan fingerprint density at radius 3 is 2.23 bits per heavy atom. The van der Waals surface area contributed by atoms with Crippen molar-refractivity contribution in [3.8, 4) is 17.9 Å². The number of anilines is 1. The van der Waals surface area contributed by atoms with Crippen LogP contribution in [0.3, 0.4) is 0 Å². The van der Waals surface area contributed by atoms with Crippen molar-refractivity contribution in [1.82, 2.24) is 0 Å². The summed E-state index contributed by atoms with van der Waals surface area (Å²) in [5.41, 5.74) is 2.49. The Labute approximate surface area is 258 Å². The number of rotatable bonds is 10. The molecule has 1 aliphatic heterocycles. The third-order valence-corrected chi connectivity index (χ3v) is 8.17. The summed E-state index contributed by atoms with van der Waals surface area (Å²) in [5.74, 6) is 0.873. The first-order valence-corrected chi connectivity index (χ1v) is 15.0. The van der Waals surface area contributed by atoms with E-state index >= 15 is 0 Å². The molecule has 43 heavy (non-hydrogen) atoms. The Hall–Kier alpha value is -5.03. The van der Waals surface area contributed by atoms with Gasteiger partial charge < -0.3 is 14.4 Å². The molecule has 1 unspecified atom stereocenters. The maximum absolute atomic E-state index is 9.52. The van der Waals surface area contributed by atoms with Crippen LogP contribution in [-0.4, -0.2) is 19.2 Å². The number of hydrogen-bond acceptors (Lipinski definition) is 6. The van der Waals surface area contributed by atoms with Gasteiger partial charge in [0.2, 0.25) is 5.70 Å². The number of thiophene rings is 1. The van der Waals surface area contributed by atoms with Crippen molar-refractivity contribution in [3.63, 3.8) is 0 Å². The minimum atomic E-state index is -1.03. The third kappa shape index (κ3) is 6.73. The molecule has 1 atom stereocenters. The average molecular weight is 587 g/mol. The molecule has 0 aliphatic carbocycles. The van der Waals surface area contributed by atoms with Gasteiger partial charge in [-0.25, -0.2) is 4.85 Å². The van der Waals surface area contributed by atoms with Crippen LogP contribution in [0, 0.1) is 29.2 Å². The number of nitrogens with zero attached hydrogens (tertiary/aromatic N) is 4. The van der Waals surface area contributed by atoms with Crippen molar-refractivity contribution in [3.05, 3.63) is 122 Å². The molecule has 0 amide bonds. The summed E-state index contributed by atoms with van der Waals surface area (Å²) in [6, 6.07) is 23.7. The lowest BCUT2D eigenvalue weighted by Crippen LogP contribution is -2.23. The zero-order valence-electron chi connectivity index (χ0n) is 25.1. The fraction of sp³-hybridized carbons (Fsp3) is 0.250. The monoisotopic (exact) mass is 586 g/mol. The maximum atomic E-state index is 9.52. The van der Waals surface area contributed by atoms with Gasteiger partial charge in [0.15, 0.2) is 11.3 Å². The molecule has 0 radical (unpaired) electrons. The first kappa shape index (κ1) is 30.9. The zero-order chi connectivity index (χ0) is 31.0. The minimum absolute atomic E-state index is 0.0206. The number of nitriles is 2. The molecule has 0 spiro atoms. The highest BCUT2D eigenvalue weighted by molar-refractivity contribution is 7.13. The molecule has 216 valence electrons. The number of allylic oxidation sites excluding steroid dienone is 1. The predicted octanol–water partition coefficient (Wildman–Crippen LogP) is 8.99. The molecule has 0 saturated heterocycles. The molecule has 0 saturated carbocycles. The van der Waals surface area contributed by atoms with Crippen LogP contribution in [0.1, 0.15) is 55.5 Å². The lowest BCUT2D eigenvalue weighted by Gasteiger charge is -2.28. The molecule has 1 aromatic heterocycles. The Morgan fingerprint density at radius 2 is 1.65 bits per heavy atom.